The Labute approximate surface area is 168 Å². The highest BCUT2D eigenvalue weighted by molar-refractivity contribution is 7.94. The Hall–Kier alpha value is -1.87. The summed E-state index contributed by atoms with van der Waals surface area (Å²) in [5.41, 5.74) is 1.61. The molecule has 2 N–H and O–H groups in total. The van der Waals surface area contributed by atoms with E-state index < -0.39 is 10.0 Å². The van der Waals surface area contributed by atoms with E-state index in [-0.39, 0.29) is 22.7 Å². The second kappa shape index (κ2) is 8.02. The van der Waals surface area contributed by atoms with Gasteiger partial charge < -0.3 is 10.1 Å². The number of halogens is 1. The fourth-order valence-electron chi connectivity index (χ4n) is 2.85. The second-order valence-corrected chi connectivity index (χ2v) is 9.29. The third kappa shape index (κ3) is 4.35. The number of hydrogen-bond donors (Lipinski definition) is 2. The Morgan fingerprint density at radius 3 is 2.74 bits per heavy atom. The fraction of sp³-hybridized carbons (Fsp3) is 0.278. The van der Waals surface area contributed by atoms with Crippen LogP contribution in [0.5, 0.6) is 5.88 Å². The highest BCUT2D eigenvalue weighted by Crippen LogP contribution is 2.35. The number of hydrogen-bond acceptors (Lipinski definition) is 6. The van der Waals surface area contributed by atoms with E-state index in [1.54, 1.807) is 24.4 Å². The van der Waals surface area contributed by atoms with Gasteiger partial charge in [0.05, 0.1) is 5.39 Å². The van der Waals surface area contributed by atoms with Crippen molar-refractivity contribution in [1.29, 1.82) is 0 Å². The molecule has 0 spiro atoms. The first-order valence-corrected chi connectivity index (χ1v) is 10.7. The van der Waals surface area contributed by atoms with Gasteiger partial charge in [-0.25, -0.2) is 13.4 Å². The van der Waals surface area contributed by atoms with Gasteiger partial charge in [-0.1, -0.05) is 17.7 Å². The molecule has 9 heteroatoms. The number of nitrogens with one attached hydrogen (secondary N) is 2. The van der Waals surface area contributed by atoms with Gasteiger partial charge >= 0.3 is 0 Å². The summed E-state index contributed by atoms with van der Waals surface area (Å²) in [6.07, 6.45) is 2.64. The van der Waals surface area contributed by atoms with E-state index in [0.717, 1.165) is 35.2 Å². The van der Waals surface area contributed by atoms with Crippen LogP contribution in [0.25, 0.3) is 10.1 Å². The predicted molar refractivity (Wildman–Crippen MR) is 111 cm³/mol. The third-order valence-corrected chi connectivity index (χ3v) is 7.20. The van der Waals surface area contributed by atoms with Crippen LogP contribution in [0.4, 0.5) is 5.69 Å². The van der Waals surface area contributed by atoms with Crippen molar-refractivity contribution < 1.29 is 13.2 Å². The zero-order valence-electron chi connectivity index (χ0n) is 14.6. The van der Waals surface area contributed by atoms with Crippen LogP contribution in [0.15, 0.2) is 46.8 Å². The van der Waals surface area contributed by atoms with Crippen LogP contribution in [0.3, 0.4) is 0 Å². The van der Waals surface area contributed by atoms with Gasteiger partial charge in [-0.3, -0.25) is 4.72 Å². The lowest BCUT2D eigenvalue weighted by Crippen LogP contribution is -2.20. The number of ether oxygens (including phenoxy) is 1. The first-order chi connectivity index (χ1) is 12.5. The number of benzene rings is 1. The van der Waals surface area contributed by atoms with E-state index in [0.29, 0.717) is 11.6 Å². The van der Waals surface area contributed by atoms with Crippen molar-refractivity contribution in [3.8, 4) is 5.88 Å². The molecule has 3 aromatic rings. The third-order valence-electron chi connectivity index (χ3n) is 4.25. The minimum atomic E-state index is -3.66. The second-order valence-electron chi connectivity index (χ2n) is 6.30. The van der Waals surface area contributed by atoms with Gasteiger partial charge in [0.1, 0.15) is 10.3 Å². The molecule has 0 aliphatic carbocycles. The molecule has 3 heterocycles. The minimum Gasteiger partial charge on any atom is -0.472 e. The number of thiophene rings is 1. The fourth-order valence-corrected chi connectivity index (χ4v) is 5.29. The van der Waals surface area contributed by atoms with Gasteiger partial charge in [-0.2, -0.15) is 0 Å². The van der Waals surface area contributed by atoms with Crippen molar-refractivity contribution in [2.45, 2.75) is 23.7 Å². The van der Waals surface area contributed by atoms with Crippen LogP contribution < -0.4 is 14.8 Å². The summed E-state index contributed by atoms with van der Waals surface area (Å²) in [6, 6.07) is 10.7. The van der Waals surface area contributed by atoms with Crippen molar-refractivity contribution in [2.24, 2.45) is 0 Å². The molecule has 1 atom stereocenters. The lowest BCUT2D eigenvalue weighted by Gasteiger charge is -2.11. The predicted octanol–water partition coefficient (Wildman–Crippen LogP) is 3.57. The lowest BCUT2D eigenvalue weighted by molar-refractivity contribution is 0.217. The number of pyridine rings is 1. The standard InChI is InChI=1S/C18H19N3O3S2.ClH/c1-12-2-4-13(5-3-12)21-26(22,23)17-10-15-16(25-17)7-9-20-18(15)24-14-6-8-19-11-14;/h2-5,7,9-10,14,19,21H,6,8,11H2,1H3;1H. The maximum Gasteiger partial charge on any atom is 0.271 e. The van der Waals surface area contributed by atoms with Gasteiger partial charge in [0.2, 0.25) is 5.88 Å². The van der Waals surface area contributed by atoms with E-state index in [9.17, 15) is 8.42 Å². The molecular weight excluding hydrogens is 406 g/mol. The Kier molecular flexibility index (Phi) is 5.90. The van der Waals surface area contributed by atoms with Crippen LogP contribution in [-0.4, -0.2) is 32.6 Å². The molecule has 0 amide bonds. The van der Waals surface area contributed by atoms with E-state index in [1.165, 1.54) is 11.3 Å². The van der Waals surface area contributed by atoms with Crippen molar-refractivity contribution in [3.05, 3.63) is 48.2 Å². The summed E-state index contributed by atoms with van der Waals surface area (Å²) in [6.45, 7) is 3.66. The minimum absolute atomic E-state index is 0. The average Bonchev–Trinajstić information content (AvgIpc) is 3.27. The molecule has 27 heavy (non-hydrogen) atoms. The molecule has 144 valence electrons. The van der Waals surface area contributed by atoms with Crippen molar-refractivity contribution >= 4 is 49.5 Å². The smallest absolute Gasteiger partial charge is 0.271 e. The number of rotatable bonds is 5. The molecule has 1 fully saturated rings. The molecule has 1 saturated heterocycles. The lowest BCUT2D eigenvalue weighted by atomic mass is 10.2. The number of aromatic nitrogens is 1. The number of fused-ring (bicyclic) bond motifs is 1. The normalized spacial score (nSPS) is 16.9. The van der Waals surface area contributed by atoms with Crippen LogP contribution in [-0.2, 0) is 10.0 Å². The maximum atomic E-state index is 12.7. The highest BCUT2D eigenvalue weighted by Gasteiger charge is 2.22. The first kappa shape index (κ1) is 19.9. The number of nitrogens with zero attached hydrogens (tertiary/aromatic N) is 1. The Bertz CT molecular complexity index is 1030. The Balaban J connectivity index is 0.00000210. The van der Waals surface area contributed by atoms with Gasteiger partial charge in [0.25, 0.3) is 10.0 Å². The molecule has 1 aliphatic heterocycles. The topological polar surface area (TPSA) is 80.3 Å². The Morgan fingerprint density at radius 2 is 2.04 bits per heavy atom. The number of sulfonamides is 1. The quantitative estimate of drug-likeness (QED) is 0.653. The summed E-state index contributed by atoms with van der Waals surface area (Å²) in [4.78, 5) is 4.30. The zero-order valence-corrected chi connectivity index (χ0v) is 17.1. The summed E-state index contributed by atoms with van der Waals surface area (Å²) in [7, 11) is -3.66. The number of aryl methyl sites for hydroxylation is 1. The van der Waals surface area contributed by atoms with E-state index in [2.05, 4.69) is 15.0 Å². The van der Waals surface area contributed by atoms with Crippen LogP contribution in [0.2, 0.25) is 0 Å². The summed E-state index contributed by atoms with van der Waals surface area (Å²) in [5.74, 6) is 0.490. The van der Waals surface area contributed by atoms with Crippen molar-refractivity contribution in [1.82, 2.24) is 10.3 Å². The van der Waals surface area contributed by atoms with Crippen LogP contribution in [0, 0.1) is 6.92 Å². The van der Waals surface area contributed by atoms with E-state index in [1.807, 2.05) is 25.1 Å². The van der Waals surface area contributed by atoms with Crippen molar-refractivity contribution in [3.63, 3.8) is 0 Å². The summed E-state index contributed by atoms with van der Waals surface area (Å²) >= 11 is 1.21. The first-order valence-electron chi connectivity index (χ1n) is 8.37. The largest absolute Gasteiger partial charge is 0.472 e. The zero-order chi connectivity index (χ0) is 18.1. The summed E-state index contributed by atoms with van der Waals surface area (Å²) in [5, 5.41) is 3.98. The van der Waals surface area contributed by atoms with Gasteiger partial charge in [0.15, 0.2) is 0 Å². The molecule has 6 nitrogen and oxygen atoms in total. The maximum absolute atomic E-state index is 12.7. The number of anilines is 1. The molecule has 0 saturated carbocycles. The molecule has 0 bridgehead atoms. The molecule has 0 radical (unpaired) electrons. The monoisotopic (exact) mass is 425 g/mol. The van der Waals surface area contributed by atoms with Gasteiger partial charge in [-0.05, 0) is 44.2 Å². The average molecular weight is 426 g/mol. The van der Waals surface area contributed by atoms with Crippen LogP contribution >= 0.6 is 23.7 Å². The molecule has 2 aromatic heterocycles. The van der Waals surface area contributed by atoms with Gasteiger partial charge in [-0.15, -0.1) is 23.7 Å². The molecular formula is C18H20ClN3O3S2. The molecule has 1 aliphatic rings. The molecule has 4 rings (SSSR count). The Morgan fingerprint density at radius 1 is 1.26 bits per heavy atom. The van der Waals surface area contributed by atoms with E-state index >= 15 is 0 Å². The van der Waals surface area contributed by atoms with Crippen molar-refractivity contribution in [2.75, 3.05) is 17.8 Å². The van der Waals surface area contributed by atoms with Crippen LogP contribution in [0.1, 0.15) is 12.0 Å². The SMILES string of the molecule is Cc1ccc(NS(=O)(=O)c2cc3c(OC4CCNC4)nccc3s2)cc1.Cl. The van der Waals surface area contributed by atoms with E-state index in [4.69, 9.17) is 4.74 Å². The summed E-state index contributed by atoms with van der Waals surface area (Å²) < 4.78 is 35.2. The molecule has 1 unspecified atom stereocenters. The molecule has 1 aromatic carbocycles. The highest BCUT2D eigenvalue weighted by atomic mass is 35.5. The van der Waals surface area contributed by atoms with Gasteiger partial charge in [0, 0.05) is 23.1 Å².